The average Bonchev–Trinajstić information content (AvgIpc) is 2.57. The van der Waals surface area contributed by atoms with Crippen molar-refractivity contribution in [3.8, 4) is 0 Å². The molecule has 0 aromatic carbocycles. The molecule has 0 saturated heterocycles. The SMILES string of the molecule is [Na+].[Na+].[O-]CCCCCCCCCCCCOCCOCCOCC[O-]. The van der Waals surface area contributed by atoms with Crippen molar-refractivity contribution in [2.75, 3.05) is 52.9 Å². The van der Waals surface area contributed by atoms with Gasteiger partial charge in [-0.05, 0) is 6.42 Å². The average molecular weight is 378 g/mol. The van der Waals surface area contributed by atoms with Crippen LogP contribution in [0, 0.1) is 0 Å². The molecule has 0 aliphatic heterocycles. The van der Waals surface area contributed by atoms with Crippen LogP contribution in [0.3, 0.4) is 0 Å². The molecule has 0 heterocycles. The van der Waals surface area contributed by atoms with Crippen molar-refractivity contribution in [3.63, 3.8) is 0 Å². The number of unbranched alkanes of at least 4 members (excludes halogenated alkanes) is 9. The summed E-state index contributed by atoms with van der Waals surface area (Å²) in [6, 6.07) is 0. The van der Waals surface area contributed by atoms with Gasteiger partial charge in [-0.2, -0.15) is 0 Å². The minimum atomic E-state index is -0.189. The second kappa shape index (κ2) is 30.5. The van der Waals surface area contributed by atoms with Gasteiger partial charge < -0.3 is 24.4 Å². The van der Waals surface area contributed by atoms with Crippen LogP contribution in [-0.2, 0) is 14.2 Å². The first-order valence-electron chi connectivity index (χ1n) is 9.31. The minimum absolute atomic E-state index is 0. The summed E-state index contributed by atoms with van der Waals surface area (Å²) < 4.78 is 15.8. The van der Waals surface area contributed by atoms with E-state index in [1.54, 1.807) is 0 Å². The third kappa shape index (κ3) is 30.8. The zero-order valence-corrected chi connectivity index (χ0v) is 20.8. The van der Waals surface area contributed by atoms with Gasteiger partial charge in [0.25, 0.3) is 0 Å². The first kappa shape index (κ1) is 31.5. The fourth-order valence-electron chi connectivity index (χ4n) is 2.32. The summed E-state index contributed by atoms with van der Waals surface area (Å²) in [5.41, 5.74) is 0. The number of rotatable bonds is 20. The summed E-state index contributed by atoms with van der Waals surface area (Å²) in [6.07, 6.45) is 12.1. The van der Waals surface area contributed by atoms with E-state index in [-0.39, 0.29) is 78.9 Å². The van der Waals surface area contributed by atoms with Crippen LogP contribution in [0.25, 0.3) is 0 Å². The molecule has 0 unspecified atom stereocenters. The summed E-state index contributed by atoms with van der Waals surface area (Å²) in [5.74, 6) is 0. The van der Waals surface area contributed by atoms with Crippen LogP contribution in [0.5, 0.6) is 0 Å². The predicted molar refractivity (Wildman–Crippen MR) is 88.4 cm³/mol. The van der Waals surface area contributed by atoms with E-state index in [4.69, 9.17) is 14.2 Å². The van der Waals surface area contributed by atoms with E-state index in [2.05, 4.69) is 0 Å². The normalized spacial score (nSPS) is 10.3. The van der Waals surface area contributed by atoms with Crippen molar-refractivity contribution in [1.82, 2.24) is 0 Å². The molecule has 0 aromatic heterocycles. The standard InChI is InChI=1S/C18H36O5.2Na/c19-11-9-7-5-3-1-2-4-6-8-10-13-21-15-17-23-18-16-22-14-12-20;;/h1-18H2;;/q-2;2*+1. The van der Waals surface area contributed by atoms with Gasteiger partial charge in [-0.3, -0.25) is 0 Å². The summed E-state index contributed by atoms with van der Waals surface area (Å²) in [5, 5.41) is 20.4. The third-order valence-corrected chi connectivity index (χ3v) is 3.65. The Morgan fingerprint density at radius 1 is 0.360 bits per heavy atom. The topological polar surface area (TPSA) is 73.8 Å². The van der Waals surface area contributed by atoms with Gasteiger partial charge in [0.15, 0.2) is 0 Å². The van der Waals surface area contributed by atoms with Crippen LogP contribution in [0.15, 0.2) is 0 Å². The Balaban J connectivity index is -0.00000242. The molecule has 0 aromatic rings. The van der Waals surface area contributed by atoms with Crippen LogP contribution in [0.4, 0.5) is 0 Å². The Morgan fingerprint density at radius 2 is 0.720 bits per heavy atom. The van der Waals surface area contributed by atoms with Gasteiger partial charge >= 0.3 is 59.1 Å². The molecule has 0 aliphatic carbocycles. The van der Waals surface area contributed by atoms with Gasteiger partial charge in [0.1, 0.15) is 0 Å². The van der Waals surface area contributed by atoms with Crippen molar-refractivity contribution in [2.45, 2.75) is 64.2 Å². The molecule has 0 amide bonds. The van der Waals surface area contributed by atoms with Crippen LogP contribution in [0.1, 0.15) is 64.2 Å². The molecule has 0 fully saturated rings. The molecular formula is C18H36Na2O5. The molecule has 0 radical (unpaired) electrons. The van der Waals surface area contributed by atoms with E-state index in [1.807, 2.05) is 0 Å². The van der Waals surface area contributed by atoms with Gasteiger partial charge in [0, 0.05) is 13.2 Å². The van der Waals surface area contributed by atoms with Crippen molar-refractivity contribution in [2.24, 2.45) is 0 Å². The third-order valence-electron chi connectivity index (χ3n) is 3.65. The molecule has 0 aliphatic rings. The molecule has 0 atom stereocenters. The van der Waals surface area contributed by atoms with Gasteiger partial charge in [-0.1, -0.05) is 57.8 Å². The summed E-state index contributed by atoms with van der Waals surface area (Å²) in [4.78, 5) is 0. The molecule has 5 nitrogen and oxygen atoms in total. The van der Waals surface area contributed by atoms with Crippen molar-refractivity contribution >= 4 is 0 Å². The molecule has 25 heavy (non-hydrogen) atoms. The van der Waals surface area contributed by atoms with Crippen LogP contribution >= 0.6 is 0 Å². The van der Waals surface area contributed by atoms with Gasteiger partial charge in [-0.15, -0.1) is 13.2 Å². The Morgan fingerprint density at radius 3 is 1.16 bits per heavy atom. The quantitative estimate of drug-likeness (QED) is 0.158. The zero-order chi connectivity index (χ0) is 16.8. The fourth-order valence-corrected chi connectivity index (χ4v) is 2.32. The van der Waals surface area contributed by atoms with E-state index in [1.165, 1.54) is 44.9 Å². The maximum atomic E-state index is 10.3. The largest absolute Gasteiger partial charge is 1.00 e. The molecule has 140 valence electrons. The van der Waals surface area contributed by atoms with Crippen molar-refractivity contribution in [3.05, 3.63) is 0 Å². The van der Waals surface area contributed by atoms with Crippen molar-refractivity contribution in [1.29, 1.82) is 0 Å². The summed E-state index contributed by atoms with van der Waals surface area (Å²) in [6.45, 7) is 3.21. The number of hydrogen-bond donors (Lipinski definition) is 0. The maximum Gasteiger partial charge on any atom is 1.00 e. The first-order chi connectivity index (χ1) is 11.4. The van der Waals surface area contributed by atoms with Crippen LogP contribution < -0.4 is 69.3 Å². The van der Waals surface area contributed by atoms with E-state index >= 15 is 0 Å². The summed E-state index contributed by atoms with van der Waals surface area (Å²) in [7, 11) is 0. The monoisotopic (exact) mass is 378 g/mol. The van der Waals surface area contributed by atoms with E-state index in [0.29, 0.717) is 26.4 Å². The Kier molecular flexibility index (Phi) is 38.5. The zero-order valence-electron chi connectivity index (χ0n) is 16.8. The molecule has 7 heteroatoms. The molecule has 0 saturated carbocycles. The van der Waals surface area contributed by atoms with Crippen LogP contribution in [0.2, 0.25) is 0 Å². The molecule has 0 bridgehead atoms. The van der Waals surface area contributed by atoms with Crippen LogP contribution in [-0.4, -0.2) is 52.9 Å². The van der Waals surface area contributed by atoms with Gasteiger partial charge in [0.05, 0.1) is 26.4 Å². The molecule has 0 N–H and O–H groups in total. The van der Waals surface area contributed by atoms with E-state index < -0.39 is 0 Å². The van der Waals surface area contributed by atoms with E-state index in [0.717, 1.165) is 25.9 Å². The fraction of sp³-hybridized carbons (Fsp3) is 1.00. The maximum absolute atomic E-state index is 10.3. The Hall–Kier alpha value is 1.80. The van der Waals surface area contributed by atoms with Crippen molar-refractivity contribution < 1.29 is 83.5 Å². The predicted octanol–water partition coefficient (Wildman–Crippen LogP) is -4.33. The Labute approximate surface area is 199 Å². The number of ether oxygens (including phenoxy) is 3. The molecule has 0 rings (SSSR count). The molecule has 0 spiro atoms. The van der Waals surface area contributed by atoms with E-state index in [9.17, 15) is 10.2 Å². The Bertz CT molecular complexity index is 192. The molecular weight excluding hydrogens is 342 g/mol. The van der Waals surface area contributed by atoms with Gasteiger partial charge in [-0.25, -0.2) is 0 Å². The number of hydrogen-bond acceptors (Lipinski definition) is 5. The first-order valence-corrected chi connectivity index (χ1v) is 9.31. The second-order valence-corrected chi connectivity index (χ2v) is 5.78. The smallest absolute Gasteiger partial charge is 0.854 e. The van der Waals surface area contributed by atoms with Gasteiger partial charge in [0.2, 0.25) is 0 Å². The summed E-state index contributed by atoms with van der Waals surface area (Å²) >= 11 is 0. The minimum Gasteiger partial charge on any atom is -0.854 e. The second-order valence-electron chi connectivity index (χ2n) is 5.78.